The van der Waals surface area contributed by atoms with Crippen LogP contribution in [0, 0.1) is 3.57 Å². The quantitative estimate of drug-likeness (QED) is 0.563. The summed E-state index contributed by atoms with van der Waals surface area (Å²) < 4.78 is 2.24. The highest BCUT2D eigenvalue weighted by molar-refractivity contribution is 14.1. The molecule has 1 aromatic carbocycles. The minimum atomic E-state index is 0.242. The van der Waals surface area contributed by atoms with E-state index in [1.54, 1.807) is 6.20 Å². The molecule has 0 radical (unpaired) electrons. The Bertz CT molecular complexity index is 607. The third-order valence-corrected chi connectivity index (χ3v) is 4.83. The lowest BCUT2D eigenvalue weighted by Gasteiger charge is -2.21. The highest BCUT2D eigenvalue weighted by Gasteiger charge is 2.15. The van der Waals surface area contributed by atoms with Crippen molar-refractivity contribution in [2.75, 3.05) is 6.54 Å². The van der Waals surface area contributed by atoms with Gasteiger partial charge in [0.2, 0.25) is 0 Å². The summed E-state index contributed by atoms with van der Waals surface area (Å²) in [6.07, 6.45) is 5.72. The van der Waals surface area contributed by atoms with Crippen molar-refractivity contribution in [3.63, 3.8) is 0 Å². The predicted octanol–water partition coefficient (Wildman–Crippen LogP) is 5.39. The maximum absolute atomic E-state index is 6.17. The van der Waals surface area contributed by atoms with E-state index in [4.69, 9.17) is 11.6 Å². The van der Waals surface area contributed by atoms with Crippen molar-refractivity contribution in [2.45, 2.75) is 25.8 Å². The van der Waals surface area contributed by atoms with E-state index < -0.39 is 0 Å². The van der Waals surface area contributed by atoms with Crippen molar-refractivity contribution in [1.29, 1.82) is 0 Å². The van der Waals surface area contributed by atoms with Crippen LogP contribution in [0.3, 0.4) is 0 Å². The van der Waals surface area contributed by atoms with E-state index in [2.05, 4.69) is 73.9 Å². The summed E-state index contributed by atoms with van der Waals surface area (Å²) >= 11 is 12.0. The summed E-state index contributed by atoms with van der Waals surface area (Å²) in [6, 6.07) is 8.42. The molecule has 1 N–H and O–H groups in total. The molecule has 0 fully saturated rings. The summed E-state index contributed by atoms with van der Waals surface area (Å²) in [7, 11) is 0. The monoisotopic (exact) mass is 478 g/mol. The Morgan fingerprint density at radius 1 is 1.33 bits per heavy atom. The average molecular weight is 480 g/mol. The molecule has 1 aromatic heterocycles. The number of hydrogen-bond donors (Lipinski definition) is 1. The highest BCUT2D eigenvalue weighted by atomic mass is 127. The third kappa shape index (κ3) is 5.20. The number of rotatable bonds is 6. The van der Waals surface area contributed by atoms with Gasteiger partial charge in [-0.05, 0) is 93.3 Å². The zero-order chi connectivity index (χ0) is 15.2. The Kier molecular flexibility index (Phi) is 6.92. The van der Waals surface area contributed by atoms with Crippen LogP contribution in [0.25, 0.3) is 0 Å². The molecule has 21 heavy (non-hydrogen) atoms. The molecule has 2 nitrogen and oxygen atoms in total. The molecule has 1 unspecified atom stereocenters. The van der Waals surface area contributed by atoms with Crippen molar-refractivity contribution in [3.05, 3.63) is 60.9 Å². The number of benzene rings is 1. The highest BCUT2D eigenvalue weighted by Crippen LogP contribution is 2.27. The van der Waals surface area contributed by atoms with Crippen LogP contribution < -0.4 is 5.32 Å². The van der Waals surface area contributed by atoms with Crippen LogP contribution in [0.4, 0.5) is 0 Å². The second-order valence-electron chi connectivity index (χ2n) is 4.89. The summed E-state index contributed by atoms with van der Waals surface area (Å²) in [5.74, 6) is 0. The van der Waals surface area contributed by atoms with E-state index in [9.17, 15) is 0 Å². The van der Waals surface area contributed by atoms with Crippen LogP contribution in [-0.4, -0.2) is 11.5 Å². The van der Waals surface area contributed by atoms with Gasteiger partial charge in [-0.15, -0.1) is 0 Å². The van der Waals surface area contributed by atoms with Crippen molar-refractivity contribution in [3.8, 4) is 0 Å². The van der Waals surface area contributed by atoms with Crippen LogP contribution in [-0.2, 0) is 6.42 Å². The molecule has 1 atom stereocenters. The first kappa shape index (κ1) is 17.2. The Balaban J connectivity index is 2.27. The Hall–Kier alpha value is -0.170. The van der Waals surface area contributed by atoms with Gasteiger partial charge in [0, 0.05) is 31.5 Å². The SMILES string of the molecule is CCCNC(Cc1cncc(Br)c1)c1cc(Cl)ccc1I. The van der Waals surface area contributed by atoms with Gasteiger partial charge in [-0.1, -0.05) is 18.5 Å². The summed E-state index contributed by atoms with van der Waals surface area (Å²) in [6.45, 7) is 3.16. The maximum Gasteiger partial charge on any atom is 0.0410 e. The molecule has 0 aliphatic rings. The van der Waals surface area contributed by atoms with Crippen molar-refractivity contribution in [1.82, 2.24) is 10.3 Å². The van der Waals surface area contributed by atoms with Gasteiger partial charge >= 0.3 is 0 Å². The molecular formula is C16H17BrClIN2. The topological polar surface area (TPSA) is 24.9 Å². The largest absolute Gasteiger partial charge is 0.310 e. The smallest absolute Gasteiger partial charge is 0.0410 e. The normalized spacial score (nSPS) is 12.4. The molecule has 112 valence electrons. The first-order valence-corrected chi connectivity index (χ1v) is 9.13. The van der Waals surface area contributed by atoms with Crippen LogP contribution in [0.15, 0.2) is 41.1 Å². The van der Waals surface area contributed by atoms with E-state index in [1.807, 2.05) is 12.3 Å². The minimum Gasteiger partial charge on any atom is -0.310 e. The first-order chi connectivity index (χ1) is 10.1. The molecule has 1 heterocycles. The number of aromatic nitrogens is 1. The van der Waals surface area contributed by atoms with Gasteiger partial charge in [-0.25, -0.2) is 0 Å². The van der Waals surface area contributed by atoms with E-state index in [-0.39, 0.29) is 6.04 Å². The number of hydrogen-bond acceptors (Lipinski definition) is 2. The molecule has 0 aliphatic carbocycles. The number of pyridine rings is 1. The zero-order valence-electron chi connectivity index (χ0n) is 11.7. The van der Waals surface area contributed by atoms with Gasteiger partial charge in [0.1, 0.15) is 0 Å². The molecule has 0 spiro atoms. The third-order valence-electron chi connectivity index (χ3n) is 3.18. The van der Waals surface area contributed by atoms with Crippen LogP contribution >= 0.6 is 50.1 Å². The molecule has 0 saturated carbocycles. The molecule has 0 saturated heterocycles. The van der Waals surface area contributed by atoms with Crippen LogP contribution in [0.1, 0.15) is 30.5 Å². The minimum absolute atomic E-state index is 0.242. The summed E-state index contributed by atoms with van der Waals surface area (Å²) in [5, 5.41) is 4.39. The van der Waals surface area contributed by atoms with Crippen molar-refractivity contribution in [2.24, 2.45) is 0 Å². The zero-order valence-corrected chi connectivity index (χ0v) is 16.2. The molecule has 0 aliphatic heterocycles. The summed E-state index contributed by atoms with van der Waals surface area (Å²) in [4.78, 5) is 4.25. The van der Waals surface area contributed by atoms with E-state index in [0.29, 0.717) is 0 Å². The molecule has 2 aromatic rings. The number of halogens is 3. The van der Waals surface area contributed by atoms with E-state index >= 15 is 0 Å². The van der Waals surface area contributed by atoms with Gasteiger partial charge in [0.25, 0.3) is 0 Å². The lowest BCUT2D eigenvalue weighted by molar-refractivity contribution is 0.527. The molecule has 0 amide bonds. The van der Waals surface area contributed by atoms with Gasteiger partial charge in [0.15, 0.2) is 0 Å². The maximum atomic E-state index is 6.17. The lowest BCUT2D eigenvalue weighted by atomic mass is 9.99. The Labute approximate surface area is 153 Å². The molecular weight excluding hydrogens is 462 g/mol. The first-order valence-electron chi connectivity index (χ1n) is 6.88. The fourth-order valence-corrected chi connectivity index (χ4v) is 3.50. The Morgan fingerprint density at radius 3 is 2.86 bits per heavy atom. The predicted molar refractivity (Wildman–Crippen MR) is 101 cm³/mol. The molecule has 2 rings (SSSR count). The Morgan fingerprint density at radius 2 is 2.14 bits per heavy atom. The second kappa shape index (κ2) is 8.46. The second-order valence-corrected chi connectivity index (χ2v) is 7.40. The van der Waals surface area contributed by atoms with Gasteiger partial charge in [-0.2, -0.15) is 0 Å². The fraction of sp³-hybridized carbons (Fsp3) is 0.312. The van der Waals surface area contributed by atoms with Gasteiger partial charge in [-0.3, -0.25) is 4.98 Å². The molecule has 5 heteroatoms. The molecule has 0 bridgehead atoms. The number of nitrogens with one attached hydrogen (secondary N) is 1. The lowest BCUT2D eigenvalue weighted by Crippen LogP contribution is -2.25. The fourth-order valence-electron chi connectivity index (χ4n) is 2.20. The standard InChI is InChI=1S/C16H17BrClIN2/c1-2-5-21-16(7-11-6-12(17)10-20-9-11)14-8-13(18)3-4-15(14)19/h3-4,6,8-10,16,21H,2,5,7H2,1H3. The van der Waals surface area contributed by atoms with Crippen LogP contribution in [0.2, 0.25) is 5.02 Å². The number of nitrogens with zero attached hydrogens (tertiary/aromatic N) is 1. The van der Waals surface area contributed by atoms with Crippen molar-refractivity contribution < 1.29 is 0 Å². The van der Waals surface area contributed by atoms with Crippen LogP contribution in [0.5, 0.6) is 0 Å². The van der Waals surface area contributed by atoms with Gasteiger partial charge in [0.05, 0.1) is 0 Å². The van der Waals surface area contributed by atoms with Gasteiger partial charge < -0.3 is 5.32 Å². The van der Waals surface area contributed by atoms with E-state index in [1.165, 1.54) is 14.7 Å². The average Bonchev–Trinajstić information content (AvgIpc) is 2.46. The summed E-state index contributed by atoms with van der Waals surface area (Å²) in [5.41, 5.74) is 2.45. The van der Waals surface area contributed by atoms with E-state index in [0.717, 1.165) is 28.9 Å². The van der Waals surface area contributed by atoms with Crippen molar-refractivity contribution >= 4 is 50.1 Å².